The first-order valence-electron chi connectivity index (χ1n) is 3.63. The number of hydrogen-bond donors (Lipinski definition) is 2. The van der Waals surface area contributed by atoms with E-state index in [9.17, 15) is 0 Å². The predicted octanol–water partition coefficient (Wildman–Crippen LogP) is 2.36. The fourth-order valence-electron chi connectivity index (χ4n) is 0.836. The van der Waals surface area contributed by atoms with Gasteiger partial charge in [-0.25, -0.2) is 0 Å². The van der Waals surface area contributed by atoms with E-state index < -0.39 is 0 Å². The van der Waals surface area contributed by atoms with Crippen molar-refractivity contribution in [2.45, 2.75) is 9.79 Å². The van der Waals surface area contributed by atoms with Crippen molar-refractivity contribution in [3.05, 3.63) is 24.3 Å². The maximum Gasteiger partial charge on any atom is 0.136 e. The number of thioether (sulfide) groups is 2. The van der Waals surface area contributed by atoms with E-state index in [0.717, 1.165) is 9.79 Å². The Morgan fingerprint density at radius 1 is 0.929 bits per heavy atom. The lowest BCUT2D eigenvalue weighted by Crippen LogP contribution is -2.03. The molecule has 0 aliphatic rings. The summed E-state index contributed by atoms with van der Waals surface area (Å²) in [4.78, 5) is 1.97. The number of nitrogens with two attached hydrogens (primary N) is 2. The van der Waals surface area contributed by atoms with Gasteiger partial charge in [-0.2, -0.15) is 0 Å². The highest BCUT2D eigenvalue weighted by Gasteiger charge is 2.05. The zero-order valence-corrected chi connectivity index (χ0v) is 10.4. The standard InChI is InChI=1S/C8H8N2S4/c9-7(11)13-5-3-1-2-4-6(5)14-8(10)12/h1-4H,(H2,9,11)(H2,10,12). The molecule has 0 heterocycles. The molecule has 0 fully saturated rings. The Morgan fingerprint density at radius 3 is 1.57 bits per heavy atom. The fraction of sp³-hybridized carbons (Fsp3) is 0. The summed E-state index contributed by atoms with van der Waals surface area (Å²) < 4.78 is 0.780. The fourth-order valence-corrected chi connectivity index (χ4v) is 2.69. The van der Waals surface area contributed by atoms with Gasteiger partial charge in [0.05, 0.1) is 0 Å². The van der Waals surface area contributed by atoms with E-state index in [1.54, 1.807) is 0 Å². The van der Waals surface area contributed by atoms with E-state index >= 15 is 0 Å². The average Bonchev–Trinajstić information content (AvgIpc) is 2.06. The molecular weight excluding hydrogens is 252 g/mol. The molecular formula is C8H8N2S4. The summed E-state index contributed by atoms with van der Waals surface area (Å²) in [5.41, 5.74) is 10.9. The van der Waals surface area contributed by atoms with Gasteiger partial charge in [0.25, 0.3) is 0 Å². The molecule has 1 rings (SSSR count). The Morgan fingerprint density at radius 2 is 1.29 bits per heavy atom. The lowest BCUT2D eigenvalue weighted by molar-refractivity contribution is 1.26. The second kappa shape index (κ2) is 5.55. The highest BCUT2D eigenvalue weighted by atomic mass is 32.2. The van der Waals surface area contributed by atoms with Crippen LogP contribution in [-0.2, 0) is 0 Å². The second-order valence-corrected chi connectivity index (χ2v) is 5.85. The largest absolute Gasteiger partial charge is 0.384 e. The molecule has 74 valence electrons. The van der Waals surface area contributed by atoms with Crippen LogP contribution in [-0.4, -0.2) is 8.64 Å². The summed E-state index contributed by atoms with van der Waals surface area (Å²) in [5.74, 6) is 0. The van der Waals surface area contributed by atoms with Crippen molar-refractivity contribution in [3.63, 3.8) is 0 Å². The zero-order chi connectivity index (χ0) is 10.6. The van der Waals surface area contributed by atoms with Crippen LogP contribution in [0.3, 0.4) is 0 Å². The summed E-state index contributed by atoms with van der Waals surface area (Å²) in [7, 11) is 0. The first-order chi connectivity index (χ1) is 6.59. The van der Waals surface area contributed by atoms with Crippen LogP contribution in [0.25, 0.3) is 0 Å². The normalized spacial score (nSPS) is 9.71. The minimum atomic E-state index is 0.390. The lowest BCUT2D eigenvalue weighted by atomic mass is 10.4. The van der Waals surface area contributed by atoms with Crippen molar-refractivity contribution < 1.29 is 0 Å². The smallest absolute Gasteiger partial charge is 0.136 e. The number of thiocarbonyl (C=S) groups is 2. The SMILES string of the molecule is NC(=S)Sc1ccccc1SC(N)=S. The van der Waals surface area contributed by atoms with Crippen molar-refractivity contribution in [2.75, 3.05) is 0 Å². The third-order valence-corrected chi connectivity index (χ3v) is 3.45. The number of rotatable bonds is 2. The molecule has 0 spiro atoms. The topological polar surface area (TPSA) is 52.0 Å². The van der Waals surface area contributed by atoms with Gasteiger partial charge in [-0.3, -0.25) is 0 Å². The number of hydrogen-bond acceptors (Lipinski definition) is 4. The molecule has 4 N–H and O–H groups in total. The monoisotopic (exact) mass is 260 g/mol. The Bertz CT molecular complexity index is 329. The molecule has 0 saturated carbocycles. The van der Waals surface area contributed by atoms with E-state index in [0.29, 0.717) is 8.64 Å². The minimum Gasteiger partial charge on any atom is -0.384 e. The van der Waals surface area contributed by atoms with Gasteiger partial charge in [0.2, 0.25) is 0 Å². The third kappa shape index (κ3) is 3.83. The van der Waals surface area contributed by atoms with Crippen molar-refractivity contribution in [1.29, 1.82) is 0 Å². The second-order valence-electron chi connectivity index (χ2n) is 2.29. The van der Waals surface area contributed by atoms with Gasteiger partial charge < -0.3 is 11.5 Å². The van der Waals surface area contributed by atoms with Crippen LogP contribution >= 0.6 is 48.0 Å². The summed E-state index contributed by atoms with van der Waals surface area (Å²) >= 11 is 12.3. The summed E-state index contributed by atoms with van der Waals surface area (Å²) in [5, 5.41) is 0. The molecule has 0 saturated heterocycles. The molecule has 0 aliphatic heterocycles. The predicted molar refractivity (Wildman–Crippen MR) is 71.7 cm³/mol. The molecule has 0 aliphatic carbocycles. The molecule has 2 nitrogen and oxygen atoms in total. The van der Waals surface area contributed by atoms with E-state index in [4.69, 9.17) is 35.9 Å². The molecule has 0 radical (unpaired) electrons. The van der Waals surface area contributed by atoms with E-state index in [1.165, 1.54) is 23.5 Å². The van der Waals surface area contributed by atoms with Crippen LogP contribution in [0.4, 0.5) is 0 Å². The first kappa shape index (κ1) is 11.8. The molecule has 0 amide bonds. The van der Waals surface area contributed by atoms with Crippen LogP contribution in [0.2, 0.25) is 0 Å². The lowest BCUT2D eigenvalue weighted by Gasteiger charge is -2.05. The summed E-state index contributed by atoms with van der Waals surface area (Å²) in [6.45, 7) is 0. The minimum absolute atomic E-state index is 0.390. The van der Waals surface area contributed by atoms with Gasteiger partial charge in [-0.15, -0.1) is 0 Å². The van der Waals surface area contributed by atoms with Crippen molar-refractivity contribution in [1.82, 2.24) is 0 Å². The van der Waals surface area contributed by atoms with E-state index in [-0.39, 0.29) is 0 Å². The highest BCUT2D eigenvalue weighted by Crippen LogP contribution is 2.30. The Hall–Kier alpha value is -0.300. The third-order valence-electron chi connectivity index (χ3n) is 1.27. The van der Waals surface area contributed by atoms with Gasteiger partial charge in [0.1, 0.15) is 8.64 Å². The van der Waals surface area contributed by atoms with Crippen molar-refractivity contribution in [3.8, 4) is 0 Å². The average molecular weight is 260 g/mol. The van der Waals surface area contributed by atoms with Crippen LogP contribution in [0, 0.1) is 0 Å². The van der Waals surface area contributed by atoms with Gasteiger partial charge >= 0.3 is 0 Å². The Kier molecular flexibility index (Phi) is 4.67. The molecule has 1 aromatic rings. The van der Waals surface area contributed by atoms with Crippen molar-refractivity contribution >= 4 is 56.6 Å². The molecule has 0 unspecified atom stereocenters. The molecule has 0 aromatic heterocycles. The summed E-state index contributed by atoms with van der Waals surface area (Å²) in [6, 6.07) is 7.71. The molecule has 6 heteroatoms. The Balaban J connectivity index is 2.90. The van der Waals surface area contributed by atoms with Gasteiger partial charge in [-0.1, -0.05) is 60.1 Å². The van der Waals surface area contributed by atoms with Gasteiger partial charge in [0.15, 0.2) is 0 Å². The van der Waals surface area contributed by atoms with Gasteiger partial charge in [0, 0.05) is 9.79 Å². The van der Waals surface area contributed by atoms with Crippen LogP contribution in [0.15, 0.2) is 34.1 Å². The zero-order valence-electron chi connectivity index (χ0n) is 7.10. The maximum atomic E-state index is 5.45. The molecule has 0 bridgehead atoms. The molecule has 14 heavy (non-hydrogen) atoms. The van der Waals surface area contributed by atoms with E-state index in [2.05, 4.69) is 0 Å². The van der Waals surface area contributed by atoms with Crippen LogP contribution in [0.5, 0.6) is 0 Å². The summed E-state index contributed by atoms with van der Waals surface area (Å²) in [6.07, 6.45) is 0. The maximum absolute atomic E-state index is 5.45. The molecule has 0 atom stereocenters. The number of benzene rings is 1. The van der Waals surface area contributed by atoms with Crippen LogP contribution < -0.4 is 11.5 Å². The van der Waals surface area contributed by atoms with E-state index in [1.807, 2.05) is 24.3 Å². The van der Waals surface area contributed by atoms with Gasteiger partial charge in [-0.05, 0) is 12.1 Å². The highest BCUT2D eigenvalue weighted by molar-refractivity contribution is 8.25. The quantitative estimate of drug-likeness (QED) is 0.629. The van der Waals surface area contributed by atoms with Crippen LogP contribution in [0.1, 0.15) is 0 Å². The molecule has 1 aromatic carbocycles. The Labute approximate surface area is 102 Å². The van der Waals surface area contributed by atoms with Crippen molar-refractivity contribution in [2.24, 2.45) is 11.5 Å². The first-order valence-corrected chi connectivity index (χ1v) is 6.08.